The van der Waals surface area contributed by atoms with Crippen molar-refractivity contribution in [2.24, 2.45) is 10.7 Å². The van der Waals surface area contributed by atoms with E-state index in [-0.39, 0.29) is 24.7 Å². The molecule has 1 unspecified atom stereocenters. The molecule has 1 heterocycles. The van der Waals surface area contributed by atoms with E-state index in [0.717, 1.165) is 5.56 Å². The number of anilines is 1. The highest BCUT2D eigenvalue weighted by Gasteiger charge is 2.16. The Labute approximate surface area is 190 Å². The average molecular weight is 541 g/mol. The van der Waals surface area contributed by atoms with Gasteiger partial charge < -0.3 is 20.9 Å². The van der Waals surface area contributed by atoms with E-state index in [1.165, 1.54) is 19.2 Å². The fourth-order valence-corrected chi connectivity index (χ4v) is 3.23. The van der Waals surface area contributed by atoms with Gasteiger partial charge in [0, 0.05) is 23.3 Å². The largest absolute Gasteiger partial charge is 0.482 e. The van der Waals surface area contributed by atoms with Gasteiger partial charge in [-0.3, -0.25) is 4.99 Å². The van der Waals surface area contributed by atoms with Gasteiger partial charge in [0.1, 0.15) is 18.0 Å². The fourth-order valence-electron chi connectivity index (χ4n) is 2.54. The number of hydrogen-bond acceptors (Lipinski definition) is 7. The first kappa shape index (κ1) is 23.8. The number of halogens is 3. The lowest BCUT2D eigenvalue weighted by Crippen LogP contribution is -2.13. The summed E-state index contributed by atoms with van der Waals surface area (Å²) >= 11 is 6.57. The van der Waals surface area contributed by atoms with Crippen molar-refractivity contribution in [3.63, 3.8) is 0 Å². The van der Waals surface area contributed by atoms with E-state index >= 15 is 0 Å². The molecule has 0 aliphatic heterocycles. The maximum Gasteiger partial charge on any atom is 0.166 e. The van der Waals surface area contributed by atoms with Gasteiger partial charge in [-0.2, -0.15) is 5.26 Å². The van der Waals surface area contributed by atoms with E-state index in [9.17, 15) is 4.39 Å². The maximum absolute atomic E-state index is 13.9. The summed E-state index contributed by atoms with van der Waals surface area (Å²) in [6, 6.07) is 7.98. The molecule has 0 saturated carbocycles. The fraction of sp³-hybridized carbons (Fsp3) is 0.250. The Hall–Kier alpha value is -2.48. The van der Waals surface area contributed by atoms with Crippen LogP contribution in [0.3, 0.4) is 0 Å². The molecule has 0 bridgehead atoms. The lowest BCUT2D eigenvalue weighted by atomic mass is 10.0. The maximum atomic E-state index is 13.9. The summed E-state index contributed by atoms with van der Waals surface area (Å²) in [5.41, 5.74) is 13.6. The molecule has 0 saturated heterocycles. The standard InChI is InChI=1S/C20H20Br2FN5O2/c1-11(30-18-5-13(21)8-28-20(18)26)15-6-14(23)4-3-12(15)9-29-10-16(25)19(22)17(7-24)27-2/h3-6,8,11H,9-10,25H2,1-2H3,(H2,26,28)/b19-16+,27-17?. The number of nitrogens with two attached hydrogens (primary N) is 2. The predicted molar refractivity (Wildman–Crippen MR) is 121 cm³/mol. The zero-order chi connectivity index (χ0) is 22.3. The van der Waals surface area contributed by atoms with Crippen molar-refractivity contribution in [2.45, 2.75) is 19.6 Å². The minimum absolute atomic E-state index is 0.0514. The summed E-state index contributed by atoms with van der Waals surface area (Å²) in [6.45, 7) is 1.98. The lowest BCUT2D eigenvalue weighted by molar-refractivity contribution is 0.138. The summed E-state index contributed by atoms with van der Waals surface area (Å²) in [6.07, 6.45) is 1.04. The predicted octanol–water partition coefficient (Wildman–Crippen LogP) is 4.38. The van der Waals surface area contributed by atoms with Crippen LogP contribution in [0, 0.1) is 17.1 Å². The van der Waals surface area contributed by atoms with Gasteiger partial charge in [-0.05, 0) is 62.5 Å². The van der Waals surface area contributed by atoms with Crippen molar-refractivity contribution in [1.29, 1.82) is 5.26 Å². The number of ether oxygens (including phenoxy) is 2. The van der Waals surface area contributed by atoms with Crippen LogP contribution < -0.4 is 16.2 Å². The van der Waals surface area contributed by atoms with Gasteiger partial charge in [0.25, 0.3) is 0 Å². The van der Waals surface area contributed by atoms with Crippen LogP contribution in [0.25, 0.3) is 0 Å². The number of pyridine rings is 1. The summed E-state index contributed by atoms with van der Waals surface area (Å²) in [7, 11) is 1.49. The van der Waals surface area contributed by atoms with Crippen molar-refractivity contribution < 1.29 is 13.9 Å². The van der Waals surface area contributed by atoms with E-state index in [0.29, 0.717) is 26.0 Å². The first-order valence-corrected chi connectivity index (χ1v) is 10.3. The molecule has 30 heavy (non-hydrogen) atoms. The molecule has 2 rings (SSSR count). The van der Waals surface area contributed by atoms with Gasteiger partial charge in [-0.15, -0.1) is 0 Å². The smallest absolute Gasteiger partial charge is 0.166 e. The molecule has 1 aromatic heterocycles. The highest BCUT2D eigenvalue weighted by Crippen LogP contribution is 2.30. The third kappa shape index (κ3) is 6.26. The zero-order valence-electron chi connectivity index (χ0n) is 16.3. The summed E-state index contributed by atoms with van der Waals surface area (Å²) in [4.78, 5) is 7.86. The van der Waals surface area contributed by atoms with Crippen LogP contribution in [0.4, 0.5) is 10.2 Å². The van der Waals surface area contributed by atoms with Crippen LogP contribution >= 0.6 is 31.9 Å². The monoisotopic (exact) mass is 539 g/mol. The van der Waals surface area contributed by atoms with Gasteiger partial charge in [-0.25, -0.2) is 9.37 Å². The van der Waals surface area contributed by atoms with Crippen molar-refractivity contribution in [3.05, 3.63) is 62.1 Å². The first-order valence-electron chi connectivity index (χ1n) is 8.71. The van der Waals surface area contributed by atoms with Crippen LogP contribution in [0.5, 0.6) is 5.75 Å². The Morgan fingerprint density at radius 3 is 2.80 bits per heavy atom. The quantitative estimate of drug-likeness (QED) is 0.479. The summed E-state index contributed by atoms with van der Waals surface area (Å²) in [5, 5.41) is 9.02. The molecule has 0 spiro atoms. The number of aliphatic imine (C=N–C) groups is 1. The van der Waals surface area contributed by atoms with E-state index in [1.54, 1.807) is 25.3 Å². The van der Waals surface area contributed by atoms with Crippen LogP contribution in [-0.4, -0.2) is 24.4 Å². The second-order valence-corrected chi connectivity index (χ2v) is 7.86. The van der Waals surface area contributed by atoms with Crippen LogP contribution in [0.2, 0.25) is 0 Å². The number of aromatic nitrogens is 1. The molecule has 1 aromatic carbocycles. The Morgan fingerprint density at radius 1 is 1.40 bits per heavy atom. The number of nitriles is 1. The third-order valence-corrected chi connectivity index (χ3v) is 5.35. The minimum atomic E-state index is -0.519. The molecule has 1 atom stereocenters. The second kappa shape index (κ2) is 11.1. The van der Waals surface area contributed by atoms with Crippen molar-refractivity contribution >= 4 is 43.4 Å². The molecule has 10 heteroatoms. The van der Waals surface area contributed by atoms with Gasteiger partial charge in [0.05, 0.1) is 23.4 Å². The Balaban J connectivity index is 2.16. The molecular weight excluding hydrogens is 521 g/mol. The molecule has 4 N–H and O–H groups in total. The normalized spacial score (nSPS) is 13.4. The first-order chi connectivity index (χ1) is 14.3. The van der Waals surface area contributed by atoms with Gasteiger partial charge >= 0.3 is 0 Å². The Morgan fingerprint density at radius 2 is 2.13 bits per heavy atom. The molecule has 0 radical (unpaired) electrons. The average Bonchev–Trinajstić information content (AvgIpc) is 2.72. The molecule has 0 aliphatic carbocycles. The lowest BCUT2D eigenvalue weighted by Gasteiger charge is -2.19. The number of nitrogen functional groups attached to an aromatic ring is 1. The molecular formula is C20H20Br2FN5O2. The number of allylic oxidation sites excluding steroid dienone is 1. The van der Waals surface area contributed by atoms with Crippen molar-refractivity contribution in [2.75, 3.05) is 19.4 Å². The highest BCUT2D eigenvalue weighted by molar-refractivity contribution is 9.12. The molecule has 2 aromatic rings. The highest BCUT2D eigenvalue weighted by atomic mass is 79.9. The minimum Gasteiger partial charge on any atom is -0.482 e. The van der Waals surface area contributed by atoms with Gasteiger partial charge in [0.15, 0.2) is 17.3 Å². The molecule has 7 nitrogen and oxygen atoms in total. The molecule has 0 amide bonds. The molecule has 0 fully saturated rings. The number of rotatable bonds is 8. The number of hydrogen-bond donors (Lipinski definition) is 2. The SMILES string of the molecule is CN=C(C#N)/C(Br)=C(\N)COCc1ccc(F)cc1C(C)Oc1cc(Br)cnc1N. The van der Waals surface area contributed by atoms with Crippen LogP contribution in [0.1, 0.15) is 24.2 Å². The van der Waals surface area contributed by atoms with E-state index < -0.39 is 11.9 Å². The zero-order valence-corrected chi connectivity index (χ0v) is 19.5. The molecule has 158 valence electrons. The van der Waals surface area contributed by atoms with Crippen LogP contribution in [0.15, 0.2) is 50.1 Å². The van der Waals surface area contributed by atoms with E-state index in [4.69, 9.17) is 26.2 Å². The van der Waals surface area contributed by atoms with Crippen molar-refractivity contribution in [3.8, 4) is 11.8 Å². The van der Waals surface area contributed by atoms with E-state index in [1.807, 2.05) is 6.07 Å². The Kier molecular flexibility index (Phi) is 8.77. The molecule has 0 aliphatic rings. The van der Waals surface area contributed by atoms with Gasteiger partial charge in [0.2, 0.25) is 0 Å². The van der Waals surface area contributed by atoms with Crippen LogP contribution in [-0.2, 0) is 11.3 Å². The number of benzene rings is 1. The van der Waals surface area contributed by atoms with Crippen molar-refractivity contribution in [1.82, 2.24) is 4.98 Å². The Bertz CT molecular complexity index is 1020. The third-order valence-electron chi connectivity index (χ3n) is 4.03. The topological polar surface area (TPSA) is 120 Å². The van der Waals surface area contributed by atoms with Gasteiger partial charge in [-0.1, -0.05) is 6.07 Å². The summed E-state index contributed by atoms with van der Waals surface area (Å²) < 4.78 is 26.5. The summed E-state index contributed by atoms with van der Waals surface area (Å²) in [5.74, 6) is 0.212. The van der Waals surface area contributed by atoms with E-state index in [2.05, 4.69) is 41.8 Å². The second-order valence-electron chi connectivity index (χ2n) is 6.16. The number of nitrogens with zero attached hydrogens (tertiary/aromatic N) is 3.